The van der Waals surface area contributed by atoms with Crippen molar-refractivity contribution in [3.8, 4) is 0 Å². The Labute approximate surface area is 130 Å². The van der Waals surface area contributed by atoms with Gasteiger partial charge in [0.25, 0.3) is 0 Å². The Morgan fingerprint density at radius 1 is 1.05 bits per heavy atom. The fraction of sp³-hybridized carbons (Fsp3) is 1.00. The van der Waals surface area contributed by atoms with E-state index in [9.17, 15) is 0 Å². The Morgan fingerprint density at radius 3 is 2.48 bits per heavy atom. The van der Waals surface area contributed by atoms with Gasteiger partial charge < -0.3 is 24.4 Å². The number of hydrogen-bond donors (Lipinski definition) is 1. The first kappa shape index (κ1) is 18.8. The van der Waals surface area contributed by atoms with Gasteiger partial charge in [0.1, 0.15) is 0 Å². The van der Waals surface area contributed by atoms with Crippen LogP contribution < -0.4 is 5.32 Å². The minimum atomic E-state index is 0.649. The molecule has 1 N–H and O–H groups in total. The molecule has 0 bridgehead atoms. The first-order valence-electron chi connectivity index (χ1n) is 8.44. The van der Waals surface area contributed by atoms with Crippen LogP contribution >= 0.6 is 0 Å². The summed E-state index contributed by atoms with van der Waals surface area (Å²) < 4.78 is 16.0. The zero-order valence-electron chi connectivity index (χ0n) is 13.9. The van der Waals surface area contributed by atoms with Gasteiger partial charge in [-0.2, -0.15) is 0 Å². The zero-order valence-corrected chi connectivity index (χ0v) is 13.9. The highest BCUT2D eigenvalue weighted by Gasteiger charge is 2.16. The van der Waals surface area contributed by atoms with E-state index in [4.69, 9.17) is 14.2 Å². The van der Waals surface area contributed by atoms with Gasteiger partial charge in [0.05, 0.1) is 33.0 Å². The van der Waals surface area contributed by atoms with Gasteiger partial charge in [-0.05, 0) is 44.8 Å². The second kappa shape index (κ2) is 13.5. The number of nitrogens with zero attached hydrogens (tertiary/aromatic N) is 1. The third-order valence-corrected chi connectivity index (χ3v) is 3.81. The third-order valence-electron chi connectivity index (χ3n) is 3.81. The molecule has 0 aromatic heterocycles. The van der Waals surface area contributed by atoms with Crippen LogP contribution in [0.5, 0.6) is 0 Å². The second-order valence-corrected chi connectivity index (χ2v) is 5.73. The summed E-state index contributed by atoms with van der Waals surface area (Å²) >= 11 is 0. The van der Waals surface area contributed by atoms with Crippen LogP contribution in [0.1, 0.15) is 26.2 Å². The van der Waals surface area contributed by atoms with E-state index in [0.717, 1.165) is 19.1 Å². The molecule has 5 nitrogen and oxygen atoms in total. The Bertz CT molecular complexity index is 224. The fourth-order valence-corrected chi connectivity index (χ4v) is 2.71. The number of piperidine rings is 1. The molecule has 1 aliphatic heterocycles. The van der Waals surface area contributed by atoms with Gasteiger partial charge in [-0.25, -0.2) is 0 Å². The Hall–Kier alpha value is -0.200. The predicted octanol–water partition coefficient (Wildman–Crippen LogP) is 1.38. The molecule has 0 aromatic rings. The largest absolute Gasteiger partial charge is 0.382 e. The predicted molar refractivity (Wildman–Crippen MR) is 85.8 cm³/mol. The van der Waals surface area contributed by atoms with Crippen molar-refractivity contribution >= 4 is 0 Å². The van der Waals surface area contributed by atoms with Crippen molar-refractivity contribution in [2.45, 2.75) is 26.2 Å². The lowest BCUT2D eigenvalue weighted by Crippen LogP contribution is -2.40. The maximum Gasteiger partial charge on any atom is 0.0701 e. The summed E-state index contributed by atoms with van der Waals surface area (Å²) in [7, 11) is 1.68. The van der Waals surface area contributed by atoms with Crippen LogP contribution in [0.25, 0.3) is 0 Å². The van der Waals surface area contributed by atoms with E-state index in [1.54, 1.807) is 7.11 Å². The number of rotatable bonds is 13. The molecule has 1 rings (SSSR count). The summed E-state index contributed by atoms with van der Waals surface area (Å²) in [4.78, 5) is 2.55. The Balaban J connectivity index is 2.02. The lowest BCUT2D eigenvalue weighted by atomic mass is 9.99. The molecule has 0 saturated carbocycles. The van der Waals surface area contributed by atoms with E-state index in [0.29, 0.717) is 26.4 Å². The molecule has 0 aromatic carbocycles. The summed E-state index contributed by atoms with van der Waals surface area (Å²) in [5.41, 5.74) is 0. The molecule has 21 heavy (non-hydrogen) atoms. The van der Waals surface area contributed by atoms with Gasteiger partial charge in [-0.15, -0.1) is 0 Å². The van der Waals surface area contributed by atoms with Crippen LogP contribution in [-0.2, 0) is 14.2 Å². The minimum absolute atomic E-state index is 0.649. The summed E-state index contributed by atoms with van der Waals surface area (Å²) in [6, 6.07) is 0. The van der Waals surface area contributed by atoms with Crippen molar-refractivity contribution in [1.82, 2.24) is 10.2 Å². The van der Waals surface area contributed by atoms with Crippen LogP contribution in [0.4, 0.5) is 0 Å². The summed E-state index contributed by atoms with van der Waals surface area (Å²) in [5.74, 6) is 0.808. The quantitative estimate of drug-likeness (QED) is 0.521. The highest BCUT2D eigenvalue weighted by atomic mass is 16.5. The standard InChI is InChI=1S/C16H34N2O3/c1-3-7-18(15-16-5-4-6-17-14-16)8-9-20-12-13-21-11-10-19-2/h16-17H,3-15H2,1-2H3. The molecule has 5 heteroatoms. The third kappa shape index (κ3) is 10.2. The first-order valence-corrected chi connectivity index (χ1v) is 8.44. The molecule has 0 spiro atoms. The first-order chi connectivity index (χ1) is 10.4. The average molecular weight is 302 g/mol. The van der Waals surface area contributed by atoms with Gasteiger partial charge in [0.2, 0.25) is 0 Å². The topological polar surface area (TPSA) is 43.0 Å². The van der Waals surface area contributed by atoms with E-state index in [2.05, 4.69) is 17.1 Å². The SMILES string of the molecule is CCCN(CCOCCOCCOC)CC1CCCNC1. The molecule has 1 aliphatic rings. The van der Waals surface area contributed by atoms with E-state index in [1.807, 2.05) is 0 Å². The molecular formula is C16H34N2O3. The maximum atomic E-state index is 5.66. The summed E-state index contributed by atoms with van der Waals surface area (Å²) in [5, 5.41) is 3.50. The number of methoxy groups -OCH3 is 1. The monoisotopic (exact) mass is 302 g/mol. The molecular weight excluding hydrogens is 268 g/mol. The van der Waals surface area contributed by atoms with Gasteiger partial charge in [-0.1, -0.05) is 6.92 Å². The highest BCUT2D eigenvalue weighted by molar-refractivity contribution is 4.72. The zero-order chi connectivity index (χ0) is 15.2. The molecule has 1 unspecified atom stereocenters. The van der Waals surface area contributed by atoms with E-state index < -0.39 is 0 Å². The highest BCUT2D eigenvalue weighted by Crippen LogP contribution is 2.11. The molecule has 1 atom stereocenters. The molecule has 1 saturated heterocycles. The molecule has 1 heterocycles. The van der Waals surface area contributed by atoms with E-state index in [-0.39, 0.29) is 0 Å². The normalized spacial score (nSPS) is 19.3. The van der Waals surface area contributed by atoms with E-state index in [1.165, 1.54) is 45.4 Å². The van der Waals surface area contributed by atoms with Crippen molar-refractivity contribution in [3.05, 3.63) is 0 Å². The Morgan fingerprint density at radius 2 is 1.81 bits per heavy atom. The number of ether oxygens (including phenoxy) is 3. The minimum Gasteiger partial charge on any atom is -0.382 e. The van der Waals surface area contributed by atoms with Crippen LogP contribution in [0.2, 0.25) is 0 Å². The van der Waals surface area contributed by atoms with Gasteiger partial charge in [-0.3, -0.25) is 0 Å². The molecule has 0 amide bonds. The molecule has 0 radical (unpaired) electrons. The number of nitrogens with one attached hydrogen (secondary N) is 1. The molecule has 126 valence electrons. The van der Waals surface area contributed by atoms with Crippen molar-refractivity contribution in [2.75, 3.05) is 72.9 Å². The van der Waals surface area contributed by atoms with Crippen LogP contribution in [0.3, 0.4) is 0 Å². The van der Waals surface area contributed by atoms with Crippen LogP contribution in [-0.4, -0.2) is 77.8 Å². The van der Waals surface area contributed by atoms with Crippen LogP contribution in [0, 0.1) is 5.92 Å². The smallest absolute Gasteiger partial charge is 0.0701 e. The van der Waals surface area contributed by atoms with Crippen molar-refractivity contribution < 1.29 is 14.2 Å². The van der Waals surface area contributed by atoms with Crippen molar-refractivity contribution in [3.63, 3.8) is 0 Å². The molecule has 0 aliphatic carbocycles. The van der Waals surface area contributed by atoms with Crippen molar-refractivity contribution in [2.24, 2.45) is 5.92 Å². The van der Waals surface area contributed by atoms with Crippen LogP contribution in [0.15, 0.2) is 0 Å². The van der Waals surface area contributed by atoms with Gasteiger partial charge in [0, 0.05) is 20.2 Å². The Kier molecular flexibility index (Phi) is 12.1. The molecule has 1 fully saturated rings. The average Bonchev–Trinajstić information content (AvgIpc) is 2.51. The van der Waals surface area contributed by atoms with Gasteiger partial charge in [0.15, 0.2) is 0 Å². The maximum absolute atomic E-state index is 5.66. The van der Waals surface area contributed by atoms with E-state index >= 15 is 0 Å². The summed E-state index contributed by atoms with van der Waals surface area (Å²) in [6.45, 7) is 11.4. The van der Waals surface area contributed by atoms with Gasteiger partial charge >= 0.3 is 0 Å². The fourth-order valence-electron chi connectivity index (χ4n) is 2.71. The second-order valence-electron chi connectivity index (χ2n) is 5.73. The lowest BCUT2D eigenvalue weighted by Gasteiger charge is -2.29. The van der Waals surface area contributed by atoms with Crippen molar-refractivity contribution in [1.29, 1.82) is 0 Å². The summed E-state index contributed by atoms with van der Waals surface area (Å²) in [6.07, 6.45) is 3.89. The lowest BCUT2D eigenvalue weighted by molar-refractivity contribution is 0.0183. The number of hydrogen-bond acceptors (Lipinski definition) is 5.